The number of likely N-dealkylation sites (N-methyl/N-ethyl adjacent to an activating group) is 1. The summed E-state index contributed by atoms with van der Waals surface area (Å²) < 4.78 is 10.6. The van der Waals surface area contributed by atoms with E-state index < -0.39 is 6.04 Å². The normalized spacial score (nSPS) is 11.3. The second kappa shape index (κ2) is 8.05. The molecule has 0 bridgehead atoms. The lowest BCUT2D eigenvalue weighted by Crippen LogP contribution is -2.31. The van der Waals surface area contributed by atoms with E-state index in [1.54, 1.807) is 63.7 Å². The zero-order valence-electron chi connectivity index (χ0n) is 14.4. The maximum Gasteiger partial charge on any atom is 0.246 e. The number of carbonyl (C=O) groups is 1. The molecule has 1 unspecified atom stereocenters. The highest BCUT2D eigenvalue weighted by Crippen LogP contribution is 2.28. The van der Waals surface area contributed by atoms with Crippen molar-refractivity contribution >= 4 is 17.4 Å². The Kier molecular flexibility index (Phi) is 5.84. The Balaban J connectivity index is 2.36. The van der Waals surface area contributed by atoms with E-state index in [0.717, 1.165) is 5.69 Å². The van der Waals surface area contributed by atoms with Crippen LogP contribution in [0.3, 0.4) is 0 Å². The van der Waals surface area contributed by atoms with Crippen molar-refractivity contribution in [3.8, 4) is 11.5 Å². The highest BCUT2D eigenvalue weighted by Gasteiger charge is 2.21. The quantitative estimate of drug-likeness (QED) is 0.454. The summed E-state index contributed by atoms with van der Waals surface area (Å²) in [7, 11) is 4.69. The Hall–Kier alpha value is -3.22. The van der Waals surface area contributed by atoms with Crippen LogP contribution in [-0.4, -0.2) is 33.0 Å². The lowest BCUT2D eigenvalue weighted by Gasteiger charge is -2.20. The first-order chi connectivity index (χ1) is 12.0. The van der Waals surface area contributed by atoms with E-state index in [-0.39, 0.29) is 11.7 Å². The van der Waals surface area contributed by atoms with Crippen LogP contribution in [0.2, 0.25) is 0 Å². The largest absolute Gasteiger partial charge is 0.497 e. The minimum atomic E-state index is -0.642. The molecule has 0 aliphatic carbocycles. The summed E-state index contributed by atoms with van der Waals surface area (Å²) in [6.45, 7) is 0. The summed E-state index contributed by atoms with van der Waals surface area (Å²) in [4.78, 5) is 12.4. The van der Waals surface area contributed by atoms with Gasteiger partial charge in [0, 0.05) is 24.4 Å². The molecular weight excluding hydrogens is 320 g/mol. The zero-order valence-corrected chi connectivity index (χ0v) is 14.4. The third-order valence-electron chi connectivity index (χ3n) is 3.72. The van der Waals surface area contributed by atoms with Crippen LogP contribution < -0.4 is 25.8 Å². The number of amides is 1. The monoisotopic (exact) mass is 342 g/mol. The van der Waals surface area contributed by atoms with Crippen LogP contribution in [0.1, 0.15) is 17.2 Å². The Morgan fingerprint density at radius 1 is 1.08 bits per heavy atom. The standard InChI is InChI=1S/C18H22N4O3/c1-21-18(23)16(12-8-14(24-2)10-15(9-12)25-3)22-13-6-4-11(5-7-13)17(19)20/h4-10,16,22H,1-3H3,(H3,19,20)(H,21,23). The number of nitrogen functional groups attached to an aromatic ring is 1. The second-order valence-corrected chi connectivity index (χ2v) is 5.33. The van der Waals surface area contributed by atoms with Gasteiger partial charge in [-0.1, -0.05) is 0 Å². The van der Waals surface area contributed by atoms with Crippen LogP contribution in [0.5, 0.6) is 11.5 Å². The first-order valence-corrected chi connectivity index (χ1v) is 7.64. The van der Waals surface area contributed by atoms with Crippen molar-refractivity contribution in [2.75, 3.05) is 26.6 Å². The van der Waals surface area contributed by atoms with Gasteiger partial charge in [-0.2, -0.15) is 0 Å². The Morgan fingerprint density at radius 2 is 1.64 bits per heavy atom. The molecule has 1 atom stereocenters. The average molecular weight is 342 g/mol. The van der Waals surface area contributed by atoms with E-state index in [1.807, 2.05) is 0 Å². The van der Waals surface area contributed by atoms with E-state index in [4.69, 9.17) is 20.6 Å². The third kappa shape index (κ3) is 4.41. The first-order valence-electron chi connectivity index (χ1n) is 7.64. The number of rotatable bonds is 7. The van der Waals surface area contributed by atoms with Crippen molar-refractivity contribution in [1.29, 1.82) is 5.41 Å². The smallest absolute Gasteiger partial charge is 0.246 e. The minimum Gasteiger partial charge on any atom is -0.497 e. The molecule has 2 aromatic carbocycles. The second-order valence-electron chi connectivity index (χ2n) is 5.33. The van der Waals surface area contributed by atoms with E-state index in [0.29, 0.717) is 22.6 Å². The molecule has 132 valence electrons. The molecule has 25 heavy (non-hydrogen) atoms. The molecule has 7 heteroatoms. The van der Waals surface area contributed by atoms with Gasteiger partial charge in [0.25, 0.3) is 0 Å². The summed E-state index contributed by atoms with van der Waals surface area (Å²) in [6.07, 6.45) is 0. The molecule has 0 heterocycles. The number of nitrogens with one attached hydrogen (secondary N) is 3. The molecule has 0 aromatic heterocycles. The number of ether oxygens (including phenoxy) is 2. The predicted molar refractivity (Wildman–Crippen MR) is 97.4 cm³/mol. The van der Waals surface area contributed by atoms with Gasteiger partial charge in [0.2, 0.25) is 5.91 Å². The highest BCUT2D eigenvalue weighted by molar-refractivity contribution is 5.95. The van der Waals surface area contributed by atoms with Gasteiger partial charge in [-0.3, -0.25) is 10.2 Å². The number of methoxy groups -OCH3 is 2. The van der Waals surface area contributed by atoms with Crippen molar-refractivity contribution < 1.29 is 14.3 Å². The summed E-state index contributed by atoms with van der Waals surface area (Å²) in [5.74, 6) is 0.979. The van der Waals surface area contributed by atoms with Gasteiger partial charge in [-0.15, -0.1) is 0 Å². The van der Waals surface area contributed by atoms with Gasteiger partial charge in [0.15, 0.2) is 0 Å². The first kappa shape index (κ1) is 18.1. The van der Waals surface area contributed by atoms with Crippen LogP contribution in [0, 0.1) is 5.41 Å². The van der Waals surface area contributed by atoms with Crippen LogP contribution in [-0.2, 0) is 4.79 Å². The maximum atomic E-state index is 12.4. The Labute approximate surface area is 146 Å². The summed E-state index contributed by atoms with van der Waals surface area (Å²) in [5, 5.41) is 13.3. The molecule has 1 amide bonds. The predicted octanol–water partition coefficient (Wildman–Crippen LogP) is 1.89. The van der Waals surface area contributed by atoms with E-state index >= 15 is 0 Å². The molecule has 0 radical (unpaired) electrons. The molecule has 0 saturated carbocycles. The van der Waals surface area contributed by atoms with Gasteiger partial charge >= 0.3 is 0 Å². The number of benzene rings is 2. The van der Waals surface area contributed by atoms with Crippen molar-refractivity contribution in [3.05, 3.63) is 53.6 Å². The lowest BCUT2D eigenvalue weighted by molar-refractivity contribution is -0.121. The van der Waals surface area contributed by atoms with Crippen molar-refractivity contribution in [2.24, 2.45) is 5.73 Å². The molecule has 0 aliphatic rings. The molecule has 0 saturated heterocycles. The molecule has 0 aliphatic heterocycles. The van der Waals surface area contributed by atoms with E-state index in [2.05, 4.69) is 10.6 Å². The number of hydrogen-bond acceptors (Lipinski definition) is 5. The minimum absolute atomic E-state index is 0.00747. The fourth-order valence-corrected chi connectivity index (χ4v) is 2.35. The van der Waals surface area contributed by atoms with Gasteiger partial charge in [-0.05, 0) is 42.0 Å². The molecule has 5 N–H and O–H groups in total. The zero-order chi connectivity index (χ0) is 18.4. The number of carbonyl (C=O) groups excluding carboxylic acids is 1. The molecule has 2 rings (SSSR count). The third-order valence-corrected chi connectivity index (χ3v) is 3.72. The summed E-state index contributed by atoms with van der Waals surface area (Å²) in [6, 6.07) is 11.6. The van der Waals surface area contributed by atoms with E-state index in [9.17, 15) is 4.79 Å². The van der Waals surface area contributed by atoms with Crippen molar-refractivity contribution in [1.82, 2.24) is 5.32 Å². The molecular formula is C18H22N4O3. The summed E-state index contributed by atoms with van der Waals surface area (Å²) >= 11 is 0. The van der Waals surface area contributed by atoms with Crippen LogP contribution >= 0.6 is 0 Å². The van der Waals surface area contributed by atoms with Gasteiger partial charge in [0.05, 0.1) is 14.2 Å². The van der Waals surface area contributed by atoms with Crippen LogP contribution in [0.4, 0.5) is 5.69 Å². The number of anilines is 1. The fraction of sp³-hybridized carbons (Fsp3) is 0.222. The van der Waals surface area contributed by atoms with Crippen LogP contribution in [0.25, 0.3) is 0 Å². The maximum absolute atomic E-state index is 12.4. The fourth-order valence-electron chi connectivity index (χ4n) is 2.35. The van der Waals surface area contributed by atoms with Crippen molar-refractivity contribution in [3.63, 3.8) is 0 Å². The number of amidine groups is 1. The summed E-state index contributed by atoms with van der Waals surface area (Å²) in [5.41, 5.74) is 7.50. The molecule has 0 spiro atoms. The SMILES string of the molecule is CNC(=O)C(Nc1ccc(C(=N)N)cc1)c1cc(OC)cc(OC)c1. The topological polar surface area (TPSA) is 109 Å². The van der Waals surface area contributed by atoms with Crippen molar-refractivity contribution in [2.45, 2.75) is 6.04 Å². The lowest BCUT2D eigenvalue weighted by atomic mass is 10.0. The van der Waals surface area contributed by atoms with Gasteiger partial charge in [-0.25, -0.2) is 0 Å². The molecule has 2 aromatic rings. The van der Waals surface area contributed by atoms with E-state index in [1.165, 1.54) is 0 Å². The Morgan fingerprint density at radius 3 is 2.08 bits per heavy atom. The van der Waals surface area contributed by atoms with Crippen LogP contribution in [0.15, 0.2) is 42.5 Å². The van der Waals surface area contributed by atoms with Gasteiger partial charge < -0.3 is 25.8 Å². The molecule has 0 fully saturated rings. The number of nitrogens with two attached hydrogens (primary N) is 1. The number of hydrogen-bond donors (Lipinski definition) is 4. The molecule has 7 nitrogen and oxygen atoms in total. The Bertz CT molecular complexity index is 737. The van der Waals surface area contributed by atoms with Gasteiger partial charge in [0.1, 0.15) is 23.4 Å². The highest BCUT2D eigenvalue weighted by atomic mass is 16.5. The average Bonchev–Trinajstić information content (AvgIpc) is 2.65.